The molecule has 0 spiro atoms. The third-order valence-corrected chi connectivity index (χ3v) is 3.66. The molecule has 5 nitrogen and oxygen atoms in total. The molecule has 1 aromatic heterocycles. The predicted molar refractivity (Wildman–Crippen MR) is 99.0 cm³/mol. The number of amides is 1. The highest BCUT2D eigenvalue weighted by atomic mass is 16.1. The van der Waals surface area contributed by atoms with Gasteiger partial charge in [-0.3, -0.25) is 4.79 Å². The smallest absolute Gasteiger partial charge is 0.270 e. The molecule has 25 heavy (non-hydrogen) atoms. The standard InChI is InChI=1S/C20H20N4O/c1-15-22-18(14-19(23-15)24-17-10-6-3-7-11-17)20(25)21-13-12-16-8-4-2-5-9-16/h2-11,14H,12-13H2,1H3,(H,21,25)(H,22,23,24). The van der Waals surface area contributed by atoms with Crippen LogP contribution in [0.1, 0.15) is 21.9 Å². The fourth-order valence-electron chi connectivity index (χ4n) is 2.47. The molecule has 0 saturated carbocycles. The predicted octanol–water partition coefficient (Wildman–Crippen LogP) is 3.50. The summed E-state index contributed by atoms with van der Waals surface area (Å²) in [6, 6.07) is 21.4. The quantitative estimate of drug-likeness (QED) is 0.725. The van der Waals surface area contributed by atoms with Crippen LogP contribution in [-0.4, -0.2) is 22.4 Å². The molecule has 5 heteroatoms. The molecule has 0 saturated heterocycles. The summed E-state index contributed by atoms with van der Waals surface area (Å²) in [7, 11) is 0. The summed E-state index contributed by atoms with van der Waals surface area (Å²) in [6.07, 6.45) is 0.784. The number of benzene rings is 2. The molecule has 0 unspecified atom stereocenters. The minimum Gasteiger partial charge on any atom is -0.350 e. The molecular formula is C20H20N4O. The van der Waals surface area contributed by atoms with Gasteiger partial charge in [-0.15, -0.1) is 0 Å². The van der Waals surface area contributed by atoms with Crippen LogP contribution in [-0.2, 0) is 6.42 Å². The minimum atomic E-state index is -0.197. The molecule has 0 bridgehead atoms. The van der Waals surface area contributed by atoms with Gasteiger partial charge in [-0.1, -0.05) is 48.5 Å². The number of para-hydroxylation sites is 1. The van der Waals surface area contributed by atoms with Gasteiger partial charge < -0.3 is 10.6 Å². The number of carbonyl (C=O) groups excluding carboxylic acids is 1. The lowest BCUT2D eigenvalue weighted by Gasteiger charge is -2.09. The zero-order valence-corrected chi connectivity index (χ0v) is 14.1. The first kappa shape index (κ1) is 16.6. The van der Waals surface area contributed by atoms with Crippen LogP contribution in [0.4, 0.5) is 11.5 Å². The van der Waals surface area contributed by atoms with Gasteiger partial charge in [0.05, 0.1) is 0 Å². The number of rotatable bonds is 6. The fourth-order valence-corrected chi connectivity index (χ4v) is 2.47. The number of anilines is 2. The lowest BCUT2D eigenvalue weighted by atomic mass is 10.1. The van der Waals surface area contributed by atoms with E-state index in [0.29, 0.717) is 23.9 Å². The van der Waals surface area contributed by atoms with Crippen molar-refractivity contribution in [1.82, 2.24) is 15.3 Å². The van der Waals surface area contributed by atoms with Gasteiger partial charge in [-0.2, -0.15) is 0 Å². The second kappa shape index (κ2) is 8.06. The molecule has 0 aliphatic heterocycles. The molecule has 0 atom stereocenters. The van der Waals surface area contributed by atoms with E-state index >= 15 is 0 Å². The second-order valence-corrected chi connectivity index (χ2v) is 5.67. The zero-order chi connectivity index (χ0) is 17.5. The SMILES string of the molecule is Cc1nc(Nc2ccccc2)cc(C(=O)NCCc2ccccc2)n1. The van der Waals surface area contributed by atoms with Gasteiger partial charge in [-0.05, 0) is 31.0 Å². The average Bonchev–Trinajstić information content (AvgIpc) is 2.63. The lowest BCUT2D eigenvalue weighted by Crippen LogP contribution is -2.27. The number of aryl methyl sites for hydroxylation is 1. The first-order valence-electron chi connectivity index (χ1n) is 8.20. The number of hydrogen-bond donors (Lipinski definition) is 2. The number of carbonyl (C=O) groups is 1. The molecule has 126 valence electrons. The number of nitrogens with zero attached hydrogens (tertiary/aromatic N) is 2. The Labute approximate surface area is 147 Å². The Bertz CT molecular complexity index is 835. The Morgan fingerprint density at radius 3 is 2.36 bits per heavy atom. The van der Waals surface area contributed by atoms with E-state index in [9.17, 15) is 4.79 Å². The van der Waals surface area contributed by atoms with E-state index < -0.39 is 0 Å². The van der Waals surface area contributed by atoms with E-state index in [1.165, 1.54) is 5.56 Å². The van der Waals surface area contributed by atoms with Crippen molar-refractivity contribution in [1.29, 1.82) is 0 Å². The monoisotopic (exact) mass is 332 g/mol. The van der Waals surface area contributed by atoms with Gasteiger partial charge in [0.15, 0.2) is 0 Å². The molecule has 0 radical (unpaired) electrons. The van der Waals surface area contributed by atoms with E-state index in [2.05, 4.69) is 20.6 Å². The highest BCUT2D eigenvalue weighted by Gasteiger charge is 2.10. The van der Waals surface area contributed by atoms with Gasteiger partial charge in [0.2, 0.25) is 0 Å². The molecule has 2 N–H and O–H groups in total. The lowest BCUT2D eigenvalue weighted by molar-refractivity contribution is 0.0949. The number of hydrogen-bond acceptors (Lipinski definition) is 4. The maximum Gasteiger partial charge on any atom is 0.270 e. The van der Waals surface area contributed by atoms with Crippen LogP contribution in [0.5, 0.6) is 0 Å². The van der Waals surface area contributed by atoms with Crippen LogP contribution in [0.3, 0.4) is 0 Å². The minimum absolute atomic E-state index is 0.197. The van der Waals surface area contributed by atoms with Gasteiger partial charge >= 0.3 is 0 Å². The summed E-state index contributed by atoms with van der Waals surface area (Å²) in [4.78, 5) is 20.9. The maximum atomic E-state index is 12.4. The largest absolute Gasteiger partial charge is 0.350 e. The van der Waals surface area contributed by atoms with Crippen molar-refractivity contribution in [3.63, 3.8) is 0 Å². The van der Waals surface area contributed by atoms with Gasteiger partial charge in [0.1, 0.15) is 17.3 Å². The van der Waals surface area contributed by atoms with Gasteiger partial charge in [-0.25, -0.2) is 9.97 Å². The van der Waals surface area contributed by atoms with E-state index in [4.69, 9.17) is 0 Å². The second-order valence-electron chi connectivity index (χ2n) is 5.67. The summed E-state index contributed by atoms with van der Waals surface area (Å²) in [6.45, 7) is 2.34. The van der Waals surface area contributed by atoms with E-state index in [-0.39, 0.29) is 5.91 Å². The molecule has 1 amide bonds. The van der Waals surface area contributed by atoms with Crippen LogP contribution < -0.4 is 10.6 Å². The zero-order valence-electron chi connectivity index (χ0n) is 14.1. The summed E-state index contributed by atoms with van der Waals surface area (Å²) < 4.78 is 0. The van der Waals surface area contributed by atoms with Crippen LogP contribution in [0.2, 0.25) is 0 Å². The summed E-state index contributed by atoms with van der Waals surface area (Å²) >= 11 is 0. The number of nitrogens with one attached hydrogen (secondary N) is 2. The first-order valence-corrected chi connectivity index (χ1v) is 8.20. The van der Waals surface area contributed by atoms with Gasteiger partial charge in [0.25, 0.3) is 5.91 Å². The van der Waals surface area contributed by atoms with Gasteiger partial charge in [0, 0.05) is 18.3 Å². The summed E-state index contributed by atoms with van der Waals surface area (Å²) in [5.41, 5.74) is 2.46. The van der Waals surface area contributed by atoms with E-state index in [1.807, 2.05) is 60.7 Å². The van der Waals surface area contributed by atoms with Crippen molar-refractivity contribution in [2.75, 3.05) is 11.9 Å². The molecule has 3 aromatic rings. The third-order valence-electron chi connectivity index (χ3n) is 3.66. The van der Waals surface area contributed by atoms with Crippen molar-refractivity contribution < 1.29 is 4.79 Å². The first-order chi connectivity index (χ1) is 12.2. The van der Waals surface area contributed by atoms with Crippen LogP contribution in [0, 0.1) is 6.92 Å². The van der Waals surface area contributed by atoms with Crippen molar-refractivity contribution in [2.24, 2.45) is 0 Å². The Kier molecular flexibility index (Phi) is 5.36. The van der Waals surface area contributed by atoms with Crippen molar-refractivity contribution in [3.8, 4) is 0 Å². The molecule has 0 fully saturated rings. The Morgan fingerprint density at radius 2 is 1.64 bits per heavy atom. The normalized spacial score (nSPS) is 10.3. The molecule has 1 heterocycles. The topological polar surface area (TPSA) is 66.9 Å². The highest BCUT2D eigenvalue weighted by molar-refractivity contribution is 5.93. The Morgan fingerprint density at radius 1 is 0.960 bits per heavy atom. The maximum absolute atomic E-state index is 12.4. The highest BCUT2D eigenvalue weighted by Crippen LogP contribution is 2.14. The average molecular weight is 332 g/mol. The number of aromatic nitrogens is 2. The summed E-state index contributed by atoms with van der Waals surface area (Å²) in [5.74, 6) is 0.957. The van der Waals surface area contributed by atoms with Crippen molar-refractivity contribution >= 4 is 17.4 Å². The molecule has 0 aliphatic rings. The van der Waals surface area contributed by atoms with Crippen LogP contribution >= 0.6 is 0 Å². The van der Waals surface area contributed by atoms with Crippen molar-refractivity contribution in [3.05, 3.63) is 83.8 Å². The fraction of sp³-hybridized carbons (Fsp3) is 0.150. The Hall–Kier alpha value is -3.21. The van der Waals surface area contributed by atoms with E-state index in [1.54, 1.807) is 13.0 Å². The van der Waals surface area contributed by atoms with Crippen LogP contribution in [0.25, 0.3) is 0 Å². The van der Waals surface area contributed by atoms with Crippen LogP contribution in [0.15, 0.2) is 66.7 Å². The van der Waals surface area contributed by atoms with E-state index in [0.717, 1.165) is 12.1 Å². The molecule has 2 aromatic carbocycles. The Balaban J connectivity index is 1.64. The molecule has 3 rings (SSSR count). The molecular weight excluding hydrogens is 312 g/mol. The summed E-state index contributed by atoms with van der Waals surface area (Å²) in [5, 5.41) is 6.10. The molecule has 0 aliphatic carbocycles. The third kappa shape index (κ3) is 4.88. The van der Waals surface area contributed by atoms with Crippen molar-refractivity contribution in [2.45, 2.75) is 13.3 Å².